The van der Waals surface area contributed by atoms with Gasteiger partial charge in [-0.05, 0) is 47.0 Å². The summed E-state index contributed by atoms with van der Waals surface area (Å²) in [6.45, 7) is 1.99. The number of aryl methyl sites for hydroxylation is 1. The highest BCUT2D eigenvalue weighted by atomic mass is 32.2. The quantitative estimate of drug-likeness (QED) is 0.726. The van der Waals surface area contributed by atoms with E-state index in [1.165, 1.54) is 23.5 Å². The van der Waals surface area contributed by atoms with Crippen molar-refractivity contribution in [2.24, 2.45) is 0 Å². The summed E-state index contributed by atoms with van der Waals surface area (Å²) >= 11 is 1.48. The average Bonchev–Trinajstić information content (AvgIpc) is 2.81. The number of anilines is 1. The van der Waals surface area contributed by atoms with E-state index in [9.17, 15) is 13.2 Å². The van der Waals surface area contributed by atoms with E-state index in [1.54, 1.807) is 0 Å². The Bertz CT molecular complexity index is 781. The van der Waals surface area contributed by atoms with E-state index >= 15 is 0 Å². The maximum absolute atomic E-state index is 12.3. The largest absolute Gasteiger partial charge is 0.478 e. The van der Waals surface area contributed by atoms with Gasteiger partial charge in [-0.15, -0.1) is 0 Å². The van der Waals surface area contributed by atoms with Gasteiger partial charge in [0, 0.05) is 12.2 Å². The molecule has 0 bridgehead atoms. The lowest BCUT2D eigenvalue weighted by Gasteiger charge is -2.10. The number of carbonyl (C=O) groups is 1. The topological polar surface area (TPSA) is 109 Å². The van der Waals surface area contributed by atoms with Crippen molar-refractivity contribution in [2.45, 2.75) is 18.4 Å². The lowest BCUT2D eigenvalue weighted by Crippen LogP contribution is -2.25. The van der Waals surface area contributed by atoms with Crippen molar-refractivity contribution >= 4 is 33.0 Å². The number of nitrogen functional groups attached to an aromatic ring is 1. The Kier molecular flexibility index (Phi) is 4.31. The molecule has 8 heteroatoms. The molecule has 0 aliphatic rings. The Morgan fingerprint density at radius 1 is 1.38 bits per heavy atom. The summed E-state index contributed by atoms with van der Waals surface area (Å²) in [7, 11) is -3.93. The van der Waals surface area contributed by atoms with E-state index in [0.29, 0.717) is 0 Å². The molecule has 2 rings (SSSR count). The fourth-order valence-electron chi connectivity index (χ4n) is 1.77. The van der Waals surface area contributed by atoms with Crippen molar-refractivity contribution in [1.82, 2.24) is 4.72 Å². The number of thiophene rings is 1. The van der Waals surface area contributed by atoms with Gasteiger partial charge in [-0.1, -0.05) is 0 Å². The van der Waals surface area contributed by atoms with Crippen molar-refractivity contribution in [3.63, 3.8) is 0 Å². The molecule has 2 aromatic rings. The fraction of sp³-hybridized carbons (Fsp3) is 0.154. The second kappa shape index (κ2) is 5.84. The third kappa shape index (κ3) is 3.41. The third-order valence-corrected chi connectivity index (χ3v) is 5.31. The summed E-state index contributed by atoms with van der Waals surface area (Å²) in [4.78, 5) is 10.9. The predicted molar refractivity (Wildman–Crippen MR) is 80.9 cm³/mol. The van der Waals surface area contributed by atoms with Crippen LogP contribution in [-0.2, 0) is 16.6 Å². The summed E-state index contributed by atoms with van der Waals surface area (Å²) in [5, 5.41) is 12.9. The van der Waals surface area contributed by atoms with Crippen molar-refractivity contribution in [2.75, 3.05) is 5.73 Å². The minimum Gasteiger partial charge on any atom is -0.478 e. The van der Waals surface area contributed by atoms with Crippen LogP contribution in [-0.4, -0.2) is 19.5 Å². The van der Waals surface area contributed by atoms with Gasteiger partial charge < -0.3 is 10.8 Å². The summed E-state index contributed by atoms with van der Waals surface area (Å²) in [5.74, 6) is -1.34. The number of rotatable bonds is 5. The molecule has 1 aromatic carbocycles. The molecule has 0 fully saturated rings. The predicted octanol–water partition coefficient (Wildman–Crippen LogP) is 1.82. The smallest absolute Gasteiger partial charge is 0.337 e. The van der Waals surface area contributed by atoms with Crippen LogP contribution in [0.1, 0.15) is 21.5 Å². The summed E-state index contributed by atoms with van der Waals surface area (Å²) in [6.07, 6.45) is 0. The summed E-state index contributed by atoms with van der Waals surface area (Å²) in [6, 6.07) is 3.69. The van der Waals surface area contributed by atoms with Crippen molar-refractivity contribution in [1.29, 1.82) is 0 Å². The second-order valence-electron chi connectivity index (χ2n) is 4.47. The van der Waals surface area contributed by atoms with Crippen LogP contribution in [0.3, 0.4) is 0 Å². The van der Waals surface area contributed by atoms with E-state index in [1.807, 2.05) is 17.7 Å². The molecule has 0 aliphatic heterocycles. The van der Waals surface area contributed by atoms with Crippen LogP contribution in [0, 0.1) is 6.92 Å². The van der Waals surface area contributed by atoms with Crippen LogP contribution < -0.4 is 10.5 Å². The van der Waals surface area contributed by atoms with Gasteiger partial charge in [0.1, 0.15) is 0 Å². The van der Waals surface area contributed by atoms with Gasteiger partial charge in [0.15, 0.2) is 0 Å². The molecule has 0 atom stereocenters. The first-order valence-corrected chi connectivity index (χ1v) is 8.38. The Hall–Kier alpha value is -1.90. The molecule has 0 unspecified atom stereocenters. The minimum atomic E-state index is -3.93. The molecule has 0 spiro atoms. The average molecular weight is 326 g/mol. The standard InChI is InChI=1S/C13H14N2O4S2/c1-8-6-20-7-9(8)5-15-21(18,19)12-3-2-10(14)4-11(12)13(16)17/h2-4,6-7,15H,5,14H2,1H3,(H,16,17). The van der Waals surface area contributed by atoms with Crippen molar-refractivity contribution in [3.8, 4) is 0 Å². The first-order chi connectivity index (χ1) is 9.81. The second-order valence-corrected chi connectivity index (χ2v) is 6.94. The van der Waals surface area contributed by atoms with E-state index in [-0.39, 0.29) is 22.7 Å². The van der Waals surface area contributed by atoms with Gasteiger partial charge in [0.05, 0.1) is 10.5 Å². The molecule has 0 saturated carbocycles. The zero-order valence-corrected chi connectivity index (χ0v) is 12.8. The van der Waals surface area contributed by atoms with Crippen LogP contribution in [0.5, 0.6) is 0 Å². The van der Waals surface area contributed by atoms with E-state index < -0.39 is 16.0 Å². The molecule has 0 saturated heterocycles. The minimum absolute atomic E-state index is 0.112. The molecule has 1 heterocycles. The molecule has 4 N–H and O–H groups in total. The first-order valence-electron chi connectivity index (χ1n) is 5.95. The van der Waals surface area contributed by atoms with Crippen molar-refractivity contribution < 1.29 is 18.3 Å². The number of aromatic carboxylic acids is 1. The van der Waals surface area contributed by atoms with Crippen LogP contribution in [0.15, 0.2) is 33.9 Å². The van der Waals surface area contributed by atoms with E-state index in [2.05, 4.69) is 4.72 Å². The number of nitrogens with one attached hydrogen (secondary N) is 1. The van der Waals surface area contributed by atoms with Crippen LogP contribution in [0.4, 0.5) is 5.69 Å². The molecule has 112 valence electrons. The van der Waals surface area contributed by atoms with E-state index in [0.717, 1.165) is 17.2 Å². The van der Waals surface area contributed by atoms with Crippen LogP contribution in [0.25, 0.3) is 0 Å². The monoisotopic (exact) mass is 326 g/mol. The SMILES string of the molecule is Cc1cscc1CNS(=O)(=O)c1ccc(N)cc1C(=O)O. The van der Waals surface area contributed by atoms with Gasteiger partial charge >= 0.3 is 5.97 Å². The third-order valence-electron chi connectivity index (χ3n) is 2.94. The Balaban J connectivity index is 2.32. The fourth-order valence-corrected chi connectivity index (χ4v) is 3.81. The lowest BCUT2D eigenvalue weighted by molar-refractivity contribution is 0.0692. The summed E-state index contributed by atoms with van der Waals surface area (Å²) in [5.41, 5.74) is 7.20. The van der Waals surface area contributed by atoms with Gasteiger partial charge in [-0.25, -0.2) is 17.9 Å². The maximum Gasteiger partial charge on any atom is 0.337 e. The number of hydrogen-bond acceptors (Lipinski definition) is 5. The highest BCUT2D eigenvalue weighted by Gasteiger charge is 2.22. The molecule has 0 radical (unpaired) electrons. The lowest BCUT2D eigenvalue weighted by atomic mass is 10.2. The number of carboxylic acid groups (broad SMARTS) is 1. The zero-order valence-electron chi connectivity index (χ0n) is 11.2. The zero-order chi connectivity index (χ0) is 15.6. The molecule has 6 nitrogen and oxygen atoms in total. The Morgan fingerprint density at radius 2 is 2.10 bits per heavy atom. The number of carboxylic acids is 1. The summed E-state index contributed by atoms with van der Waals surface area (Å²) < 4.78 is 26.9. The Labute approximate surface area is 126 Å². The van der Waals surface area contributed by atoms with Gasteiger partial charge in [-0.2, -0.15) is 11.3 Å². The van der Waals surface area contributed by atoms with Gasteiger partial charge in [-0.3, -0.25) is 0 Å². The number of benzene rings is 1. The number of nitrogens with two attached hydrogens (primary N) is 1. The number of hydrogen-bond donors (Lipinski definition) is 3. The van der Waals surface area contributed by atoms with Crippen LogP contribution in [0.2, 0.25) is 0 Å². The highest BCUT2D eigenvalue weighted by Crippen LogP contribution is 2.20. The Morgan fingerprint density at radius 3 is 2.67 bits per heavy atom. The first kappa shape index (κ1) is 15.5. The van der Waals surface area contributed by atoms with Gasteiger partial charge in [0.2, 0.25) is 10.0 Å². The maximum atomic E-state index is 12.3. The molecular weight excluding hydrogens is 312 g/mol. The number of sulfonamides is 1. The highest BCUT2D eigenvalue weighted by molar-refractivity contribution is 7.89. The van der Waals surface area contributed by atoms with Crippen molar-refractivity contribution in [3.05, 3.63) is 45.6 Å². The molecule has 0 aliphatic carbocycles. The molecule has 0 amide bonds. The molecular formula is C13H14N2O4S2. The van der Waals surface area contributed by atoms with Gasteiger partial charge in [0.25, 0.3) is 0 Å². The van der Waals surface area contributed by atoms with E-state index in [4.69, 9.17) is 10.8 Å². The molecule has 21 heavy (non-hydrogen) atoms. The van der Waals surface area contributed by atoms with Crippen LogP contribution >= 0.6 is 11.3 Å². The molecule has 1 aromatic heterocycles. The normalized spacial score (nSPS) is 11.5.